The first-order valence-electron chi connectivity index (χ1n) is 4.62. The average molecular weight is 235 g/mol. The van der Waals surface area contributed by atoms with E-state index in [0.717, 1.165) is 16.8 Å². The zero-order chi connectivity index (χ0) is 10.7. The summed E-state index contributed by atoms with van der Waals surface area (Å²) in [5.41, 5.74) is 0. The molecule has 0 spiro atoms. The number of ether oxygens (including phenoxy) is 1. The number of halogens is 1. The van der Waals surface area contributed by atoms with Gasteiger partial charge in [0.25, 0.3) is 0 Å². The third kappa shape index (κ3) is 2.61. The predicted octanol–water partition coefficient (Wildman–Crippen LogP) is 3.35. The third-order valence-electron chi connectivity index (χ3n) is 2.11. The zero-order valence-corrected chi connectivity index (χ0v) is 9.37. The molecule has 2 aromatic rings. The number of rotatable bonds is 2. The van der Waals surface area contributed by atoms with Gasteiger partial charge in [-0.2, -0.15) is 0 Å². The highest BCUT2D eigenvalue weighted by Crippen LogP contribution is 2.20. The lowest BCUT2D eigenvalue weighted by molar-refractivity contribution is -0.128. The Labute approximate surface area is 99.9 Å². The van der Waals surface area contributed by atoms with Gasteiger partial charge >= 0.3 is 5.97 Å². The maximum Gasteiger partial charge on any atom is 0.335 e. The molecular formula is C13H11ClO2. The summed E-state index contributed by atoms with van der Waals surface area (Å²) in [4.78, 5) is 11.0. The maximum atomic E-state index is 11.0. The van der Waals surface area contributed by atoms with Crippen LogP contribution in [0.1, 0.15) is 0 Å². The molecule has 16 heavy (non-hydrogen) atoms. The highest BCUT2D eigenvalue weighted by Gasteiger charge is 2.00. The van der Waals surface area contributed by atoms with Crippen LogP contribution in [0.3, 0.4) is 0 Å². The molecule has 0 aliphatic rings. The SMILES string of the molecule is C=CC(=O)Oc1ccc2ccccc2c1.Cl. The second-order valence-corrected chi connectivity index (χ2v) is 3.13. The van der Waals surface area contributed by atoms with Crippen molar-refractivity contribution in [2.24, 2.45) is 0 Å². The van der Waals surface area contributed by atoms with E-state index in [1.54, 1.807) is 6.07 Å². The first-order chi connectivity index (χ1) is 7.29. The van der Waals surface area contributed by atoms with Crippen LogP contribution in [0.2, 0.25) is 0 Å². The summed E-state index contributed by atoms with van der Waals surface area (Å²) in [5, 5.41) is 2.17. The third-order valence-corrected chi connectivity index (χ3v) is 2.11. The van der Waals surface area contributed by atoms with Crippen molar-refractivity contribution in [2.45, 2.75) is 0 Å². The average Bonchev–Trinajstić information content (AvgIpc) is 2.29. The minimum absolute atomic E-state index is 0. The number of benzene rings is 2. The van der Waals surface area contributed by atoms with Crippen molar-refractivity contribution in [2.75, 3.05) is 0 Å². The number of hydrogen-bond donors (Lipinski definition) is 0. The highest BCUT2D eigenvalue weighted by molar-refractivity contribution is 5.87. The summed E-state index contributed by atoms with van der Waals surface area (Å²) in [7, 11) is 0. The van der Waals surface area contributed by atoms with E-state index < -0.39 is 5.97 Å². The molecule has 0 N–H and O–H groups in total. The molecule has 0 aromatic heterocycles. The lowest BCUT2D eigenvalue weighted by Crippen LogP contribution is -2.02. The van der Waals surface area contributed by atoms with Crippen molar-refractivity contribution in [3.63, 3.8) is 0 Å². The molecule has 82 valence electrons. The lowest BCUT2D eigenvalue weighted by Gasteiger charge is -2.02. The lowest BCUT2D eigenvalue weighted by atomic mass is 10.1. The van der Waals surface area contributed by atoms with Crippen molar-refractivity contribution in [3.8, 4) is 5.75 Å². The van der Waals surface area contributed by atoms with Crippen molar-refractivity contribution in [1.29, 1.82) is 0 Å². The predicted molar refractivity (Wildman–Crippen MR) is 67.0 cm³/mol. The van der Waals surface area contributed by atoms with Gasteiger partial charge in [0.2, 0.25) is 0 Å². The fourth-order valence-corrected chi connectivity index (χ4v) is 1.39. The second-order valence-electron chi connectivity index (χ2n) is 3.13. The first kappa shape index (κ1) is 12.3. The van der Waals surface area contributed by atoms with Crippen LogP contribution >= 0.6 is 12.4 Å². The van der Waals surface area contributed by atoms with E-state index in [2.05, 4.69) is 6.58 Å². The Hall–Kier alpha value is -1.80. The van der Waals surface area contributed by atoms with Crippen LogP contribution in [-0.4, -0.2) is 5.97 Å². The van der Waals surface area contributed by atoms with Crippen molar-refractivity contribution in [1.82, 2.24) is 0 Å². The standard InChI is InChI=1S/C13H10O2.ClH/c1-2-13(14)15-12-8-7-10-5-3-4-6-11(10)9-12;/h2-9H,1H2;1H. The monoisotopic (exact) mass is 234 g/mol. The molecular weight excluding hydrogens is 224 g/mol. The largest absolute Gasteiger partial charge is 0.423 e. The topological polar surface area (TPSA) is 26.3 Å². The zero-order valence-electron chi connectivity index (χ0n) is 8.55. The number of esters is 1. The van der Waals surface area contributed by atoms with Crippen LogP contribution in [0, 0.1) is 0 Å². The van der Waals surface area contributed by atoms with Crippen molar-refractivity contribution in [3.05, 3.63) is 55.1 Å². The minimum Gasteiger partial charge on any atom is -0.423 e. The van der Waals surface area contributed by atoms with Crippen molar-refractivity contribution >= 4 is 29.1 Å². The molecule has 2 aromatic carbocycles. The summed E-state index contributed by atoms with van der Waals surface area (Å²) in [6.07, 6.45) is 1.15. The minimum atomic E-state index is -0.440. The van der Waals surface area contributed by atoms with Gasteiger partial charge < -0.3 is 4.74 Å². The normalized spacial score (nSPS) is 9.25. The van der Waals surface area contributed by atoms with E-state index in [1.165, 1.54) is 0 Å². The summed E-state index contributed by atoms with van der Waals surface area (Å²) in [6, 6.07) is 13.4. The fraction of sp³-hybridized carbons (Fsp3) is 0. The molecule has 0 unspecified atom stereocenters. The number of carbonyl (C=O) groups excluding carboxylic acids is 1. The van der Waals surface area contributed by atoms with Gasteiger partial charge in [0.15, 0.2) is 0 Å². The summed E-state index contributed by atoms with van der Waals surface area (Å²) in [5.74, 6) is 0.101. The molecule has 0 saturated carbocycles. The van der Waals surface area contributed by atoms with Crippen LogP contribution in [0.15, 0.2) is 55.1 Å². The molecule has 0 atom stereocenters. The number of carbonyl (C=O) groups is 1. The van der Waals surface area contributed by atoms with Crippen LogP contribution in [0.5, 0.6) is 5.75 Å². The van der Waals surface area contributed by atoms with Gasteiger partial charge in [-0.15, -0.1) is 12.4 Å². The van der Waals surface area contributed by atoms with Crippen LogP contribution < -0.4 is 4.74 Å². The number of hydrogen-bond acceptors (Lipinski definition) is 2. The molecule has 0 amide bonds. The molecule has 0 fully saturated rings. The Balaban J connectivity index is 0.00000128. The van der Waals surface area contributed by atoms with Gasteiger partial charge in [0.1, 0.15) is 5.75 Å². The van der Waals surface area contributed by atoms with Crippen LogP contribution in [-0.2, 0) is 4.79 Å². The van der Waals surface area contributed by atoms with E-state index in [0.29, 0.717) is 5.75 Å². The Morgan fingerprint density at radius 3 is 2.50 bits per heavy atom. The van der Waals surface area contributed by atoms with E-state index in [-0.39, 0.29) is 12.4 Å². The summed E-state index contributed by atoms with van der Waals surface area (Å²) < 4.78 is 5.01. The quantitative estimate of drug-likeness (QED) is 0.453. The second kappa shape index (κ2) is 5.33. The molecule has 2 nitrogen and oxygen atoms in total. The first-order valence-corrected chi connectivity index (χ1v) is 4.62. The Bertz CT molecular complexity index is 520. The molecule has 0 saturated heterocycles. The van der Waals surface area contributed by atoms with Gasteiger partial charge in [0, 0.05) is 6.08 Å². The summed E-state index contributed by atoms with van der Waals surface area (Å²) in [6.45, 7) is 3.34. The van der Waals surface area contributed by atoms with Gasteiger partial charge in [-0.1, -0.05) is 36.9 Å². The molecule has 0 aliphatic heterocycles. The fourth-order valence-electron chi connectivity index (χ4n) is 1.39. The Morgan fingerprint density at radius 2 is 1.81 bits per heavy atom. The van der Waals surface area contributed by atoms with Crippen LogP contribution in [0.4, 0.5) is 0 Å². The highest BCUT2D eigenvalue weighted by atomic mass is 35.5. The van der Waals surface area contributed by atoms with Crippen LogP contribution in [0.25, 0.3) is 10.8 Å². The van der Waals surface area contributed by atoms with E-state index in [4.69, 9.17) is 4.74 Å². The molecule has 2 rings (SSSR count). The smallest absolute Gasteiger partial charge is 0.335 e. The summed E-state index contributed by atoms with van der Waals surface area (Å²) >= 11 is 0. The van der Waals surface area contributed by atoms with Gasteiger partial charge in [-0.05, 0) is 22.9 Å². The maximum absolute atomic E-state index is 11.0. The molecule has 3 heteroatoms. The van der Waals surface area contributed by atoms with Gasteiger partial charge in [-0.3, -0.25) is 0 Å². The Morgan fingerprint density at radius 1 is 1.12 bits per heavy atom. The van der Waals surface area contributed by atoms with E-state index in [1.807, 2.05) is 36.4 Å². The van der Waals surface area contributed by atoms with E-state index >= 15 is 0 Å². The molecule has 0 bridgehead atoms. The van der Waals surface area contributed by atoms with Gasteiger partial charge in [0.05, 0.1) is 0 Å². The molecule has 0 radical (unpaired) electrons. The molecule has 0 aliphatic carbocycles. The Kier molecular flexibility index (Phi) is 4.09. The van der Waals surface area contributed by atoms with E-state index in [9.17, 15) is 4.79 Å². The molecule has 0 heterocycles. The number of fused-ring (bicyclic) bond motifs is 1. The van der Waals surface area contributed by atoms with Crippen molar-refractivity contribution < 1.29 is 9.53 Å². The van der Waals surface area contributed by atoms with Gasteiger partial charge in [-0.25, -0.2) is 4.79 Å².